The van der Waals surface area contributed by atoms with Gasteiger partial charge in [-0.25, -0.2) is 15.0 Å². The second kappa shape index (κ2) is 8.21. The van der Waals surface area contributed by atoms with Crippen molar-refractivity contribution in [2.75, 3.05) is 11.9 Å². The van der Waals surface area contributed by atoms with Gasteiger partial charge in [0.15, 0.2) is 5.82 Å². The van der Waals surface area contributed by atoms with Gasteiger partial charge in [-0.15, -0.1) is 0 Å². The number of hydrogen-bond acceptors (Lipinski definition) is 6. The first kappa shape index (κ1) is 19.8. The zero-order valence-electron chi connectivity index (χ0n) is 14.1. The van der Waals surface area contributed by atoms with Gasteiger partial charge in [-0.05, 0) is 13.6 Å². The lowest BCUT2D eigenvalue weighted by molar-refractivity contribution is -0.136. The summed E-state index contributed by atoms with van der Waals surface area (Å²) in [7, 11) is 0. The van der Waals surface area contributed by atoms with Gasteiger partial charge in [-0.2, -0.15) is 18.2 Å². The Morgan fingerprint density at radius 2 is 2.15 bits per heavy atom. The maximum Gasteiger partial charge on any atom is 0.405 e. The van der Waals surface area contributed by atoms with Crippen LogP contribution in [0.25, 0.3) is 11.4 Å². The molecule has 27 heavy (non-hydrogen) atoms. The lowest BCUT2D eigenvalue weighted by Gasteiger charge is -2.11. The molecule has 142 valence electrons. The normalized spacial score (nSPS) is 11.4. The summed E-state index contributed by atoms with van der Waals surface area (Å²) in [4.78, 5) is 34.1. The van der Waals surface area contributed by atoms with Gasteiger partial charge in [0, 0.05) is 17.3 Å². The Hall–Kier alpha value is -3.57. The van der Waals surface area contributed by atoms with Crippen LogP contribution in [-0.4, -0.2) is 51.6 Å². The number of nitrogens with zero attached hydrogens (tertiary/aromatic N) is 5. The Morgan fingerprint density at radius 1 is 1.41 bits per heavy atom. The molecule has 12 heteroatoms. The van der Waals surface area contributed by atoms with Crippen molar-refractivity contribution >= 4 is 30.7 Å². The summed E-state index contributed by atoms with van der Waals surface area (Å²) in [6.07, 6.45) is -0.447. The first-order valence-corrected chi connectivity index (χ1v) is 7.38. The Balaban J connectivity index is 2.13. The second-order valence-corrected chi connectivity index (χ2v) is 5.14. The third-order valence-electron chi connectivity index (χ3n) is 3.18. The molecular formula is C15H15F3N8O. The number of nitrogens with one attached hydrogen (secondary N) is 3. The number of hydrogen-bond donors (Lipinski definition) is 3. The van der Waals surface area contributed by atoms with Crippen molar-refractivity contribution in [1.82, 2.24) is 25.3 Å². The van der Waals surface area contributed by atoms with Crippen LogP contribution in [0.1, 0.15) is 5.56 Å². The molecule has 0 aliphatic carbocycles. The molecule has 0 unspecified atom stereocenters. The molecule has 0 aromatic carbocycles. The number of H-pyrrole nitrogens is 1. The molecule has 0 saturated heterocycles. The Kier molecular flexibility index (Phi) is 6.00. The zero-order chi connectivity index (χ0) is 20.0. The van der Waals surface area contributed by atoms with Crippen LogP contribution in [0.3, 0.4) is 0 Å². The summed E-state index contributed by atoms with van der Waals surface area (Å²) in [5, 5.41) is 4.14. The highest BCUT2D eigenvalue weighted by atomic mass is 19.4. The number of halogens is 3. The lowest BCUT2D eigenvalue weighted by atomic mass is 10.2. The van der Waals surface area contributed by atoms with Crippen LogP contribution >= 0.6 is 0 Å². The number of rotatable bonds is 7. The highest BCUT2D eigenvalue weighted by molar-refractivity contribution is 5.95. The van der Waals surface area contributed by atoms with Gasteiger partial charge < -0.3 is 15.6 Å². The standard InChI is InChI=1S/C15H15F3N8O/c1-8-10(4-20-11(8)22-6-19-3)12-23-7-24-14(26-12)25-9(2)13(27)21-5-15(16,17)18/h4,6-7,20H,2-3,5H2,1H3,(H,21,27)(H,23,24,25,26)/b22-6-. The van der Waals surface area contributed by atoms with E-state index < -0.39 is 18.6 Å². The van der Waals surface area contributed by atoms with E-state index in [1.54, 1.807) is 18.4 Å². The molecule has 2 aromatic heterocycles. The van der Waals surface area contributed by atoms with E-state index in [9.17, 15) is 18.0 Å². The minimum atomic E-state index is -4.52. The fraction of sp³-hybridized carbons (Fsp3) is 0.200. The van der Waals surface area contributed by atoms with E-state index in [4.69, 9.17) is 0 Å². The molecule has 0 radical (unpaired) electrons. The monoisotopic (exact) mass is 380 g/mol. The largest absolute Gasteiger partial charge is 0.405 e. The molecule has 9 nitrogen and oxygen atoms in total. The number of aromatic amines is 1. The molecule has 0 bridgehead atoms. The van der Waals surface area contributed by atoms with Crippen LogP contribution in [0.2, 0.25) is 0 Å². The zero-order valence-corrected chi connectivity index (χ0v) is 14.1. The predicted octanol–water partition coefficient (Wildman–Crippen LogP) is 2.14. The number of amides is 1. The van der Waals surface area contributed by atoms with Gasteiger partial charge in [0.1, 0.15) is 25.0 Å². The van der Waals surface area contributed by atoms with Crippen molar-refractivity contribution in [3.63, 3.8) is 0 Å². The molecule has 0 spiro atoms. The smallest absolute Gasteiger partial charge is 0.346 e. The summed E-state index contributed by atoms with van der Waals surface area (Å²) in [6.45, 7) is 6.98. The average molecular weight is 380 g/mol. The topological polar surface area (TPSA) is 120 Å². The van der Waals surface area contributed by atoms with Gasteiger partial charge in [-0.3, -0.25) is 9.79 Å². The van der Waals surface area contributed by atoms with Crippen molar-refractivity contribution < 1.29 is 18.0 Å². The predicted molar refractivity (Wildman–Crippen MR) is 93.9 cm³/mol. The maximum atomic E-state index is 12.1. The number of carbonyl (C=O) groups excluding carboxylic acids is 1. The maximum absolute atomic E-state index is 12.1. The fourth-order valence-electron chi connectivity index (χ4n) is 1.91. The van der Waals surface area contributed by atoms with Crippen molar-refractivity contribution in [3.8, 4) is 11.4 Å². The van der Waals surface area contributed by atoms with E-state index in [2.05, 4.69) is 48.5 Å². The molecule has 2 heterocycles. The third kappa shape index (κ3) is 5.45. The summed E-state index contributed by atoms with van der Waals surface area (Å²) < 4.78 is 36.4. The van der Waals surface area contributed by atoms with E-state index in [1.165, 1.54) is 12.7 Å². The Morgan fingerprint density at radius 3 is 2.81 bits per heavy atom. The molecule has 0 atom stereocenters. The summed E-state index contributed by atoms with van der Waals surface area (Å²) in [5.41, 5.74) is 1.00. The van der Waals surface area contributed by atoms with Crippen LogP contribution < -0.4 is 10.6 Å². The number of carbonyl (C=O) groups is 1. The number of alkyl halides is 3. The van der Waals surface area contributed by atoms with E-state index in [0.29, 0.717) is 11.4 Å². The number of aromatic nitrogens is 4. The summed E-state index contributed by atoms with van der Waals surface area (Å²) >= 11 is 0. The van der Waals surface area contributed by atoms with Crippen LogP contribution in [0.5, 0.6) is 0 Å². The van der Waals surface area contributed by atoms with Crippen LogP contribution in [0.4, 0.5) is 24.9 Å². The van der Waals surface area contributed by atoms with Gasteiger partial charge >= 0.3 is 6.18 Å². The molecule has 3 N–H and O–H groups in total. The minimum absolute atomic E-state index is 0.0504. The van der Waals surface area contributed by atoms with Gasteiger partial charge in [-0.1, -0.05) is 6.58 Å². The van der Waals surface area contributed by atoms with Crippen molar-refractivity contribution in [2.24, 2.45) is 9.98 Å². The quantitative estimate of drug-likeness (QED) is 0.386. The summed E-state index contributed by atoms with van der Waals surface area (Å²) in [6, 6.07) is 0. The van der Waals surface area contributed by atoms with Crippen LogP contribution in [0, 0.1) is 6.92 Å². The molecule has 0 fully saturated rings. The third-order valence-corrected chi connectivity index (χ3v) is 3.18. The van der Waals surface area contributed by atoms with Crippen molar-refractivity contribution in [3.05, 3.63) is 30.4 Å². The lowest BCUT2D eigenvalue weighted by Crippen LogP contribution is -2.35. The number of aliphatic imine (C=N–C) groups is 2. The molecule has 2 aromatic rings. The first-order valence-electron chi connectivity index (χ1n) is 7.38. The SMILES string of the molecule is C=N/C=N\c1[nH]cc(-c2ncnc(NC(=C)C(=O)NCC(F)(F)F)n2)c1C. The molecule has 0 saturated carbocycles. The molecule has 0 aliphatic rings. The fourth-order valence-corrected chi connectivity index (χ4v) is 1.91. The number of anilines is 1. The van der Waals surface area contributed by atoms with E-state index in [-0.39, 0.29) is 17.5 Å². The van der Waals surface area contributed by atoms with E-state index >= 15 is 0 Å². The molecule has 2 rings (SSSR count). The second-order valence-electron chi connectivity index (χ2n) is 5.14. The van der Waals surface area contributed by atoms with Crippen LogP contribution in [0.15, 0.2) is 34.8 Å². The Bertz CT molecular complexity index is 887. The average Bonchev–Trinajstić information content (AvgIpc) is 2.98. The molecule has 0 aliphatic heterocycles. The molecular weight excluding hydrogens is 365 g/mol. The van der Waals surface area contributed by atoms with E-state index in [0.717, 1.165) is 5.56 Å². The van der Waals surface area contributed by atoms with Crippen molar-refractivity contribution in [2.45, 2.75) is 13.1 Å². The minimum Gasteiger partial charge on any atom is -0.346 e. The van der Waals surface area contributed by atoms with Gasteiger partial charge in [0.25, 0.3) is 5.91 Å². The van der Waals surface area contributed by atoms with Gasteiger partial charge in [0.2, 0.25) is 5.95 Å². The highest BCUT2D eigenvalue weighted by Crippen LogP contribution is 2.27. The highest BCUT2D eigenvalue weighted by Gasteiger charge is 2.28. The van der Waals surface area contributed by atoms with Gasteiger partial charge in [0.05, 0.1) is 5.70 Å². The van der Waals surface area contributed by atoms with Crippen molar-refractivity contribution in [1.29, 1.82) is 0 Å². The summed E-state index contributed by atoms with van der Waals surface area (Å²) in [5.74, 6) is -0.285. The van der Waals surface area contributed by atoms with E-state index in [1.807, 2.05) is 0 Å². The first-order chi connectivity index (χ1) is 12.7. The van der Waals surface area contributed by atoms with Crippen LogP contribution in [-0.2, 0) is 4.79 Å². The Labute approximate surface area is 151 Å². The molecule has 1 amide bonds.